The van der Waals surface area contributed by atoms with Crippen LogP contribution >= 0.6 is 11.6 Å². The summed E-state index contributed by atoms with van der Waals surface area (Å²) in [6, 6.07) is 28.1. The first-order valence-electron chi connectivity index (χ1n) is 14.0. The van der Waals surface area contributed by atoms with Crippen LogP contribution in [0.25, 0.3) is 0 Å². The first kappa shape index (κ1) is 27.5. The highest BCUT2D eigenvalue weighted by Gasteiger charge is 2.62. The lowest BCUT2D eigenvalue weighted by Gasteiger charge is -2.45. The highest BCUT2D eigenvalue weighted by molar-refractivity contribution is 6.30. The van der Waals surface area contributed by atoms with E-state index in [9.17, 15) is 24.0 Å². The van der Waals surface area contributed by atoms with E-state index in [0.29, 0.717) is 5.02 Å². The summed E-state index contributed by atoms with van der Waals surface area (Å²) in [5, 5.41) is 0.455. The van der Waals surface area contributed by atoms with Crippen LogP contribution in [0.3, 0.4) is 0 Å². The van der Waals surface area contributed by atoms with E-state index in [-0.39, 0.29) is 40.5 Å². The molecule has 1 aliphatic heterocycles. The summed E-state index contributed by atoms with van der Waals surface area (Å²) in [5.74, 6) is -4.82. The molecule has 0 spiro atoms. The van der Waals surface area contributed by atoms with Gasteiger partial charge >= 0.3 is 5.97 Å². The number of carbonyl (C=O) groups excluding carboxylic acids is 5. The zero-order valence-electron chi connectivity index (χ0n) is 23.0. The number of esters is 1. The first-order chi connectivity index (χ1) is 21.3. The zero-order valence-corrected chi connectivity index (χ0v) is 23.8. The van der Waals surface area contributed by atoms with Crippen molar-refractivity contribution < 1.29 is 28.7 Å². The fraction of sp³-hybridized carbons (Fsp3) is 0.147. The molecule has 3 aliphatic carbocycles. The van der Waals surface area contributed by atoms with E-state index < -0.39 is 36.2 Å². The number of amides is 4. The van der Waals surface area contributed by atoms with Gasteiger partial charge in [0.15, 0.2) is 6.61 Å². The molecule has 4 aliphatic rings. The second-order valence-corrected chi connectivity index (χ2v) is 11.3. The number of carbonyl (C=O) groups is 5. The number of hydrogen-bond donors (Lipinski definition) is 2. The highest BCUT2D eigenvalue weighted by Crippen LogP contribution is 2.61. The third kappa shape index (κ3) is 4.36. The Balaban J connectivity index is 1.10. The number of para-hydroxylation sites is 1. The lowest BCUT2D eigenvalue weighted by molar-refractivity contribution is -0.125. The number of nitrogens with one attached hydrogen (secondary N) is 2. The summed E-state index contributed by atoms with van der Waals surface area (Å²) in [7, 11) is 0. The van der Waals surface area contributed by atoms with Crippen LogP contribution in [0.15, 0.2) is 97.1 Å². The number of ether oxygens (including phenoxy) is 1. The topological polar surface area (TPSA) is 122 Å². The van der Waals surface area contributed by atoms with E-state index in [1.165, 1.54) is 36.4 Å². The summed E-state index contributed by atoms with van der Waals surface area (Å²) in [4.78, 5) is 67.1. The Hall–Kier alpha value is -5.28. The van der Waals surface area contributed by atoms with Crippen LogP contribution < -0.4 is 15.8 Å². The molecule has 4 aromatic carbocycles. The summed E-state index contributed by atoms with van der Waals surface area (Å²) in [6.45, 7) is -0.712. The normalized spacial score (nSPS) is 20.8. The van der Waals surface area contributed by atoms with Crippen molar-refractivity contribution in [2.45, 2.75) is 11.8 Å². The Bertz CT molecular complexity index is 1760. The van der Waals surface area contributed by atoms with E-state index >= 15 is 0 Å². The average Bonchev–Trinajstić information content (AvgIpc) is 3.32. The number of imide groups is 1. The van der Waals surface area contributed by atoms with Gasteiger partial charge in [-0.3, -0.25) is 30.0 Å². The largest absolute Gasteiger partial charge is 0.452 e. The second kappa shape index (κ2) is 10.8. The van der Waals surface area contributed by atoms with Crippen molar-refractivity contribution in [3.05, 3.63) is 135 Å². The van der Waals surface area contributed by atoms with Gasteiger partial charge in [0.25, 0.3) is 11.8 Å². The van der Waals surface area contributed by atoms with Crippen LogP contribution in [0.1, 0.15) is 54.8 Å². The smallest absolute Gasteiger partial charge is 0.340 e. The number of benzene rings is 4. The SMILES string of the molecule is O=C(COC(=O)c1ccccc1N1C(=O)[C@@H]2C3c4ccccc4C(c4ccccc43)[C@H]2C1=O)NNC(=O)c1ccc(Cl)cc1. The molecule has 44 heavy (non-hydrogen) atoms. The van der Waals surface area contributed by atoms with Crippen LogP contribution in [-0.2, 0) is 19.1 Å². The van der Waals surface area contributed by atoms with Crippen LogP contribution in [0.5, 0.6) is 0 Å². The Morgan fingerprint density at radius 3 is 1.73 bits per heavy atom. The summed E-state index contributed by atoms with van der Waals surface area (Å²) < 4.78 is 5.22. The quantitative estimate of drug-likeness (QED) is 0.198. The minimum Gasteiger partial charge on any atom is -0.452 e. The maximum atomic E-state index is 14.1. The number of halogens is 1. The summed E-state index contributed by atoms with van der Waals surface area (Å²) in [6.07, 6.45) is 0. The van der Waals surface area contributed by atoms with Gasteiger partial charge in [-0.25, -0.2) is 9.69 Å². The Morgan fingerprint density at radius 2 is 1.18 bits per heavy atom. The molecule has 0 radical (unpaired) electrons. The molecule has 1 heterocycles. The maximum Gasteiger partial charge on any atom is 0.340 e. The lowest BCUT2D eigenvalue weighted by Crippen LogP contribution is -2.43. The molecule has 0 saturated carbocycles. The molecule has 8 rings (SSSR count). The monoisotopic (exact) mass is 605 g/mol. The van der Waals surface area contributed by atoms with Crippen LogP contribution in [0, 0.1) is 11.8 Å². The van der Waals surface area contributed by atoms with Crippen molar-refractivity contribution in [3.8, 4) is 0 Å². The first-order valence-corrected chi connectivity index (χ1v) is 14.4. The molecule has 2 atom stereocenters. The minimum atomic E-state index is -0.898. The van der Waals surface area contributed by atoms with Crippen LogP contribution in [-0.4, -0.2) is 36.2 Å². The van der Waals surface area contributed by atoms with Crippen molar-refractivity contribution >= 4 is 46.9 Å². The van der Waals surface area contributed by atoms with Crippen molar-refractivity contribution in [2.75, 3.05) is 11.5 Å². The van der Waals surface area contributed by atoms with Gasteiger partial charge in [0, 0.05) is 22.4 Å². The van der Waals surface area contributed by atoms with Gasteiger partial charge in [-0.2, -0.15) is 0 Å². The molecule has 0 aromatic heterocycles. The van der Waals surface area contributed by atoms with Crippen molar-refractivity contribution in [3.63, 3.8) is 0 Å². The molecular weight excluding hydrogens is 582 g/mol. The van der Waals surface area contributed by atoms with Gasteiger partial charge in [-0.05, 0) is 58.7 Å². The highest BCUT2D eigenvalue weighted by atomic mass is 35.5. The standard InChI is InChI=1S/C34H24ClN3O6/c35-19-15-13-18(14-16-19)31(40)37-36-26(39)17-44-34(43)24-11-5-6-12-25(24)38-32(41)29-27-20-7-1-2-8-21(20)28(30(29)33(38)42)23-10-4-3-9-22(23)27/h1-16,27-30H,17H2,(H,36,39)(H,37,40)/t27?,28?,29-,30-/m1/s1. The Labute approximate surface area is 256 Å². The molecule has 9 nitrogen and oxygen atoms in total. The molecule has 1 saturated heterocycles. The third-order valence-corrected chi connectivity index (χ3v) is 8.82. The summed E-state index contributed by atoms with van der Waals surface area (Å²) >= 11 is 5.83. The minimum absolute atomic E-state index is 0.0341. The fourth-order valence-corrected chi connectivity index (χ4v) is 6.93. The van der Waals surface area contributed by atoms with E-state index in [0.717, 1.165) is 27.2 Å². The van der Waals surface area contributed by atoms with Gasteiger partial charge in [-0.15, -0.1) is 0 Å². The molecular formula is C34H24ClN3O6. The molecule has 1 fully saturated rings. The third-order valence-electron chi connectivity index (χ3n) is 8.57. The van der Waals surface area contributed by atoms with Crippen molar-refractivity contribution in [1.29, 1.82) is 0 Å². The predicted octanol–water partition coefficient (Wildman–Crippen LogP) is 4.35. The van der Waals surface area contributed by atoms with Crippen molar-refractivity contribution in [1.82, 2.24) is 10.9 Å². The van der Waals surface area contributed by atoms with Gasteiger partial charge in [-0.1, -0.05) is 72.3 Å². The molecule has 2 bridgehead atoms. The van der Waals surface area contributed by atoms with E-state index in [1.54, 1.807) is 12.1 Å². The molecule has 218 valence electrons. The van der Waals surface area contributed by atoms with E-state index in [1.807, 2.05) is 48.5 Å². The van der Waals surface area contributed by atoms with Crippen LogP contribution in [0.2, 0.25) is 5.02 Å². The van der Waals surface area contributed by atoms with E-state index in [4.69, 9.17) is 16.3 Å². The molecule has 2 N–H and O–H groups in total. The molecule has 4 aromatic rings. The molecule has 0 unspecified atom stereocenters. The average molecular weight is 606 g/mol. The lowest BCUT2D eigenvalue weighted by atomic mass is 9.55. The Kier molecular flexibility index (Phi) is 6.74. The second-order valence-electron chi connectivity index (χ2n) is 10.9. The summed E-state index contributed by atoms with van der Waals surface area (Å²) in [5.41, 5.74) is 8.93. The van der Waals surface area contributed by atoms with Gasteiger partial charge < -0.3 is 4.74 Å². The van der Waals surface area contributed by atoms with Crippen molar-refractivity contribution in [2.24, 2.45) is 11.8 Å². The molecule has 10 heteroatoms. The van der Waals surface area contributed by atoms with E-state index in [2.05, 4.69) is 10.9 Å². The van der Waals surface area contributed by atoms with Gasteiger partial charge in [0.2, 0.25) is 11.8 Å². The van der Waals surface area contributed by atoms with Gasteiger partial charge in [0.05, 0.1) is 23.1 Å². The molecule has 4 amide bonds. The number of anilines is 1. The number of rotatable bonds is 5. The number of hydrazine groups is 1. The van der Waals surface area contributed by atoms with Crippen LogP contribution in [0.4, 0.5) is 5.69 Å². The maximum absolute atomic E-state index is 14.1. The predicted molar refractivity (Wildman–Crippen MR) is 160 cm³/mol. The number of nitrogens with zero attached hydrogens (tertiary/aromatic N) is 1. The zero-order chi connectivity index (χ0) is 30.5. The Morgan fingerprint density at radius 1 is 0.682 bits per heavy atom. The number of hydrogen-bond acceptors (Lipinski definition) is 6. The fourth-order valence-electron chi connectivity index (χ4n) is 6.80. The van der Waals surface area contributed by atoms with Gasteiger partial charge in [0.1, 0.15) is 0 Å².